The van der Waals surface area contributed by atoms with Gasteiger partial charge in [-0.25, -0.2) is 0 Å². The third-order valence-electron chi connectivity index (χ3n) is 3.02. The Balaban J connectivity index is 1.87. The van der Waals surface area contributed by atoms with Crippen molar-refractivity contribution in [1.29, 1.82) is 0 Å². The Hall–Kier alpha value is -1.59. The predicted octanol–water partition coefficient (Wildman–Crippen LogP) is 1.06. The molecule has 4 N–H and O–H groups in total. The van der Waals surface area contributed by atoms with Crippen LogP contribution in [-0.2, 0) is 16.1 Å². The van der Waals surface area contributed by atoms with Gasteiger partial charge in [0.2, 0.25) is 5.91 Å². The number of benzene rings is 1. The van der Waals surface area contributed by atoms with Gasteiger partial charge in [-0.15, -0.1) is 0 Å². The normalized spacial score (nSPS) is 19.0. The molecule has 18 heavy (non-hydrogen) atoms. The predicted molar refractivity (Wildman–Crippen MR) is 68.0 cm³/mol. The number of amides is 1. The summed E-state index contributed by atoms with van der Waals surface area (Å²) in [7, 11) is 0. The van der Waals surface area contributed by atoms with E-state index in [0.717, 1.165) is 25.0 Å². The molecule has 0 bridgehead atoms. The van der Waals surface area contributed by atoms with Crippen molar-refractivity contribution in [3.05, 3.63) is 29.3 Å². The lowest BCUT2D eigenvalue weighted by Gasteiger charge is -2.11. The minimum absolute atomic E-state index is 0.205. The van der Waals surface area contributed by atoms with Crippen LogP contribution in [0.5, 0.6) is 0 Å². The van der Waals surface area contributed by atoms with Gasteiger partial charge >= 0.3 is 0 Å². The van der Waals surface area contributed by atoms with Crippen LogP contribution >= 0.6 is 0 Å². The van der Waals surface area contributed by atoms with Crippen LogP contribution in [0.3, 0.4) is 0 Å². The molecule has 0 radical (unpaired) electrons. The van der Waals surface area contributed by atoms with E-state index in [1.165, 1.54) is 0 Å². The van der Waals surface area contributed by atoms with E-state index in [0.29, 0.717) is 24.5 Å². The number of primary amides is 1. The zero-order chi connectivity index (χ0) is 13.0. The highest BCUT2D eigenvalue weighted by Gasteiger charge is 2.15. The second-order valence-electron chi connectivity index (χ2n) is 4.43. The molecule has 1 aliphatic heterocycles. The molecular formula is C13H18N2O3. The van der Waals surface area contributed by atoms with Gasteiger partial charge in [0.15, 0.2) is 0 Å². The van der Waals surface area contributed by atoms with E-state index in [1.807, 2.05) is 0 Å². The fraction of sp³-hybridized carbons (Fsp3) is 0.462. The average molecular weight is 250 g/mol. The molecule has 5 nitrogen and oxygen atoms in total. The highest BCUT2D eigenvalue weighted by molar-refractivity contribution is 5.93. The quantitative estimate of drug-likeness (QED) is 0.765. The highest BCUT2D eigenvalue weighted by Crippen LogP contribution is 2.17. The van der Waals surface area contributed by atoms with E-state index < -0.39 is 5.91 Å². The van der Waals surface area contributed by atoms with E-state index in [2.05, 4.69) is 0 Å². The van der Waals surface area contributed by atoms with Gasteiger partial charge in [-0.3, -0.25) is 4.79 Å². The van der Waals surface area contributed by atoms with E-state index in [-0.39, 0.29) is 6.10 Å². The largest absolute Gasteiger partial charge is 0.398 e. The van der Waals surface area contributed by atoms with Gasteiger partial charge in [-0.05, 0) is 25.0 Å². The Morgan fingerprint density at radius 2 is 2.33 bits per heavy atom. The number of nitrogens with two attached hydrogens (primary N) is 2. The van der Waals surface area contributed by atoms with Crippen LogP contribution in [0.2, 0.25) is 0 Å². The smallest absolute Gasteiger partial charge is 0.248 e. The second-order valence-corrected chi connectivity index (χ2v) is 4.43. The van der Waals surface area contributed by atoms with Crippen LogP contribution in [0.25, 0.3) is 0 Å². The van der Waals surface area contributed by atoms with Gasteiger partial charge in [-0.2, -0.15) is 0 Å². The number of hydrogen-bond acceptors (Lipinski definition) is 4. The second kappa shape index (κ2) is 5.84. The van der Waals surface area contributed by atoms with Gasteiger partial charge in [0.1, 0.15) is 0 Å². The van der Waals surface area contributed by atoms with Gasteiger partial charge < -0.3 is 20.9 Å². The Kier molecular flexibility index (Phi) is 4.17. The van der Waals surface area contributed by atoms with E-state index >= 15 is 0 Å². The standard InChI is InChI=1S/C13H18N2O3/c14-12-6-9(13(15)16)3-4-10(12)7-17-8-11-2-1-5-18-11/h3-4,6,11H,1-2,5,7-8,14H2,(H2,15,16). The SMILES string of the molecule is NC(=O)c1ccc(COCC2CCCO2)c(N)c1. The Bertz CT molecular complexity index is 428. The van der Waals surface area contributed by atoms with Crippen molar-refractivity contribution in [1.82, 2.24) is 0 Å². The lowest BCUT2D eigenvalue weighted by molar-refractivity contribution is 0.0107. The molecule has 1 aliphatic rings. The van der Waals surface area contributed by atoms with Crippen molar-refractivity contribution in [2.24, 2.45) is 5.73 Å². The average Bonchev–Trinajstić information content (AvgIpc) is 2.84. The lowest BCUT2D eigenvalue weighted by atomic mass is 10.1. The maximum atomic E-state index is 11.0. The summed E-state index contributed by atoms with van der Waals surface area (Å²) < 4.78 is 11.0. The van der Waals surface area contributed by atoms with Gasteiger partial charge in [0, 0.05) is 23.4 Å². The first kappa shape index (κ1) is 12.9. The number of anilines is 1. The number of ether oxygens (including phenoxy) is 2. The molecule has 2 rings (SSSR count). The first-order valence-corrected chi connectivity index (χ1v) is 6.04. The molecule has 1 aromatic rings. The zero-order valence-electron chi connectivity index (χ0n) is 10.2. The van der Waals surface area contributed by atoms with Gasteiger partial charge in [-0.1, -0.05) is 6.07 Å². The summed E-state index contributed by atoms with van der Waals surface area (Å²) in [6, 6.07) is 5.00. The molecule has 0 aromatic heterocycles. The number of carbonyl (C=O) groups excluding carboxylic acids is 1. The van der Waals surface area contributed by atoms with Crippen molar-refractivity contribution in [2.45, 2.75) is 25.6 Å². The number of nitrogen functional groups attached to an aromatic ring is 1. The summed E-state index contributed by atoms with van der Waals surface area (Å²) in [4.78, 5) is 11.0. The van der Waals surface area contributed by atoms with Crippen molar-refractivity contribution >= 4 is 11.6 Å². The van der Waals surface area contributed by atoms with Crippen molar-refractivity contribution < 1.29 is 14.3 Å². The number of hydrogen-bond donors (Lipinski definition) is 2. The zero-order valence-corrected chi connectivity index (χ0v) is 10.2. The summed E-state index contributed by atoms with van der Waals surface area (Å²) in [5.74, 6) is -0.478. The van der Waals surface area contributed by atoms with Crippen LogP contribution in [-0.4, -0.2) is 25.2 Å². The summed E-state index contributed by atoms with van der Waals surface area (Å²) in [6.07, 6.45) is 2.36. The van der Waals surface area contributed by atoms with Crippen LogP contribution in [0.1, 0.15) is 28.8 Å². The maximum Gasteiger partial charge on any atom is 0.248 e. The van der Waals surface area contributed by atoms with E-state index in [4.69, 9.17) is 20.9 Å². The topological polar surface area (TPSA) is 87.6 Å². The Labute approximate surface area is 106 Å². The summed E-state index contributed by atoms with van der Waals surface area (Å²) in [5.41, 5.74) is 12.8. The lowest BCUT2D eigenvalue weighted by Crippen LogP contribution is -2.15. The van der Waals surface area contributed by atoms with Crippen LogP contribution in [0, 0.1) is 0 Å². The van der Waals surface area contributed by atoms with Crippen molar-refractivity contribution in [2.75, 3.05) is 18.9 Å². The molecular weight excluding hydrogens is 232 g/mol. The number of rotatable bonds is 5. The van der Waals surface area contributed by atoms with Crippen LogP contribution in [0.4, 0.5) is 5.69 Å². The molecule has 1 heterocycles. The van der Waals surface area contributed by atoms with E-state index in [1.54, 1.807) is 18.2 Å². The molecule has 1 aromatic carbocycles. The monoisotopic (exact) mass is 250 g/mol. The fourth-order valence-corrected chi connectivity index (χ4v) is 1.96. The summed E-state index contributed by atoms with van der Waals surface area (Å²) >= 11 is 0. The third-order valence-corrected chi connectivity index (χ3v) is 3.02. The van der Waals surface area contributed by atoms with Gasteiger partial charge in [0.05, 0.1) is 19.3 Å². The van der Waals surface area contributed by atoms with Crippen molar-refractivity contribution in [3.63, 3.8) is 0 Å². The van der Waals surface area contributed by atoms with Crippen LogP contribution in [0.15, 0.2) is 18.2 Å². The molecule has 0 saturated carbocycles. The first-order chi connectivity index (χ1) is 8.66. The van der Waals surface area contributed by atoms with Gasteiger partial charge in [0.25, 0.3) is 0 Å². The molecule has 1 amide bonds. The third kappa shape index (κ3) is 3.21. The number of carbonyl (C=O) groups is 1. The molecule has 0 aliphatic carbocycles. The molecule has 0 spiro atoms. The minimum Gasteiger partial charge on any atom is -0.398 e. The fourth-order valence-electron chi connectivity index (χ4n) is 1.96. The Morgan fingerprint density at radius 1 is 1.50 bits per heavy atom. The molecule has 1 saturated heterocycles. The van der Waals surface area contributed by atoms with E-state index in [9.17, 15) is 4.79 Å². The van der Waals surface area contributed by atoms with Crippen LogP contribution < -0.4 is 11.5 Å². The van der Waals surface area contributed by atoms with Crippen molar-refractivity contribution in [3.8, 4) is 0 Å². The molecule has 5 heteroatoms. The highest BCUT2D eigenvalue weighted by atomic mass is 16.5. The minimum atomic E-state index is -0.478. The maximum absolute atomic E-state index is 11.0. The summed E-state index contributed by atoms with van der Waals surface area (Å²) in [6.45, 7) is 1.82. The molecule has 1 atom stereocenters. The summed E-state index contributed by atoms with van der Waals surface area (Å²) in [5, 5.41) is 0. The molecule has 98 valence electrons. The Morgan fingerprint density at radius 3 is 2.94 bits per heavy atom. The first-order valence-electron chi connectivity index (χ1n) is 6.04. The molecule has 1 fully saturated rings. The molecule has 1 unspecified atom stereocenters.